The molecule has 0 bridgehead atoms. The summed E-state index contributed by atoms with van der Waals surface area (Å²) < 4.78 is 5.72. The van der Waals surface area contributed by atoms with Gasteiger partial charge in [0.1, 0.15) is 11.5 Å². The number of hydrogen-bond acceptors (Lipinski definition) is 5. The lowest BCUT2D eigenvalue weighted by molar-refractivity contribution is -0.384. The van der Waals surface area contributed by atoms with Crippen LogP contribution < -0.4 is 0 Å². The number of hydrogen-bond donors (Lipinski definition) is 0. The van der Waals surface area contributed by atoms with Crippen LogP contribution >= 0.6 is 0 Å². The number of carbonyl (C=O) groups excluding carboxylic acids is 2. The smallest absolute Gasteiger partial charge is 0.319 e. The highest BCUT2D eigenvalue weighted by Gasteiger charge is 2.60. The third-order valence-corrected chi connectivity index (χ3v) is 5.41. The summed E-state index contributed by atoms with van der Waals surface area (Å²) in [7, 11) is 0. The van der Waals surface area contributed by atoms with Crippen molar-refractivity contribution in [2.24, 2.45) is 10.8 Å². The molecule has 128 valence electrons. The lowest BCUT2D eigenvalue weighted by Gasteiger charge is -2.49. The number of esters is 1. The Hall–Kier alpha value is -2.24. The van der Waals surface area contributed by atoms with Crippen molar-refractivity contribution in [1.82, 2.24) is 0 Å². The summed E-state index contributed by atoms with van der Waals surface area (Å²) in [6.07, 6.45) is 3.61. The zero-order valence-electron chi connectivity index (χ0n) is 13.9. The van der Waals surface area contributed by atoms with E-state index in [1.807, 2.05) is 0 Å². The van der Waals surface area contributed by atoms with Crippen LogP contribution in [0.25, 0.3) is 0 Å². The Balaban J connectivity index is 2.05. The van der Waals surface area contributed by atoms with Crippen molar-refractivity contribution in [3.05, 3.63) is 39.9 Å². The van der Waals surface area contributed by atoms with Crippen LogP contribution in [0.2, 0.25) is 0 Å². The zero-order chi connectivity index (χ0) is 17.5. The van der Waals surface area contributed by atoms with E-state index in [2.05, 4.69) is 0 Å². The molecule has 3 rings (SSSR count). The molecule has 1 spiro atoms. The number of ether oxygens (including phenoxy) is 1. The van der Waals surface area contributed by atoms with Crippen LogP contribution in [-0.2, 0) is 14.3 Å². The van der Waals surface area contributed by atoms with Crippen LogP contribution in [0.3, 0.4) is 0 Å². The van der Waals surface area contributed by atoms with Gasteiger partial charge < -0.3 is 4.74 Å². The largest absolute Gasteiger partial charge is 0.456 e. The quantitative estimate of drug-likeness (QED) is 0.356. The summed E-state index contributed by atoms with van der Waals surface area (Å²) in [4.78, 5) is 35.9. The molecule has 0 N–H and O–H groups in total. The van der Waals surface area contributed by atoms with Gasteiger partial charge in [0.15, 0.2) is 5.78 Å². The molecule has 0 radical (unpaired) electrons. The third kappa shape index (κ3) is 2.41. The Kier molecular flexibility index (Phi) is 3.94. The maximum absolute atomic E-state index is 13.2. The number of carbonyl (C=O) groups is 2. The normalized spacial score (nSPS) is 25.3. The molecular formula is C18H21NO5. The van der Waals surface area contributed by atoms with Crippen molar-refractivity contribution in [3.8, 4) is 0 Å². The number of nitrogens with zero attached hydrogens (tertiary/aromatic N) is 1. The topological polar surface area (TPSA) is 86.5 Å². The summed E-state index contributed by atoms with van der Waals surface area (Å²) in [6, 6.07) is 5.98. The first-order valence-electron chi connectivity index (χ1n) is 8.29. The van der Waals surface area contributed by atoms with Crippen molar-refractivity contribution in [1.29, 1.82) is 0 Å². The number of Topliss-reactive ketones (excluding diaryl/α,β-unsaturated/α-hetero) is 1. The van der Waals surface area contributed by atoms with Crippen molar-refractivity contribution in [2.75, 3.05) is 0 Å². The van der Waals surface area contributed by atoms with Gasteiger partial charge >= 0.3 is 5.97 Å². The Morgan fingerprint density at radius 2 is 1.67 bits per heavy atom. The summed E-state index contributed by atoms with van der Waals surface area (Å²) >= 11 is 0. The van der Waals surface area contributed by atoms with E-state index in [4.69, 9.17) is 4.74 Å². The van der Waals surface area contributed by atoms with Crippen molar-refractivity contribution < 1.29 is 19.2 Å². The highest BCUT2D eigenvalue weighted by atomic mass is 16.6. The average molecular weight is 331 g/mol. The SMILES string of the molecule is CC1(C)C(=O)OC(c2ccc([N+](=O)[O-])cc2)C2(CCCCC2)C1=O. The number of benzene rings is 1. The van der Waals surface area contributed by atoms with Gasteiger partial charge in [-0.2, -0.15) is 0 Å². The molecule has 1 aliphatic carbocycles. The summed E-state index contributed by atoms with van der Waals surface area (Å²) in [5.74, 6) is -0.582. The average Bonchev–Trinajstić information content (AvgIpc) is 2.58. The van der Waals surface area contributed by atoms with Crippen LogP contribution in [0.1, 0.15) is 57.6 Å². The number of rotatable bonds is 2. The van der Waals surface area contributed by atoms with Gasteiger partial charge in [-0.3, -0.25) is 19.7 Å². The Bertz CT molecular complexity index is 686. The first-order chi connectivity index (χ1) is 11.3. The maximum Gasteiger partial charge on any atom is 0.319 e. The molecule has 1 unspecified atom stereocenters. The molecule has 1 saturated carbocycles. The van der Waals surface area contributed by atoms with Crippen molar-refractivity contribution >= 4 is 17.4 Å². The van der Waals surface area contributed by atoms with E-state index in [9.17, 15) is 19.7 Å². The van der Waals surface area contributed by atoms with Crippen LogP contribution in [0.15, 0.2) is 24.3 Å². The molecule has 2 aliphatic rings. The number of nitro benzene ring substituents is 1. The van der Waals surface area contributed by atoms with E-state index < -0.39 is 27.8 Å². The van der Waals surface area contributed by atoms with Gasteiger partial charge in [0.25, 0.3) is 5.69 Å². The van der Waals surface area contributed by atoms with Gasteiger partial charge in [-0.15, -0.1) is 0 Å². The molecular weight excluding hydrogens is 310 g/mol. The van der Waals surface area contributed by atoms with E-state index in [1.165, 1.54) is 12.1 Å². The van der Waals surface area contributed by atoms with Gasteiger partial charge in [-0.05, 0) is 44.4 Å². The molecule has 1 saturated heterocycles. The van der Waals surface area contributed by atoms with Crippen LogP contribution in [0.5, 0.6) is 0 Å². The molecule has 24 heavy (non-hydrogen) atoms. The number of cyclic esters (lactones) is 1. The number of ketones is 1. The van der Waals surface area contributed by atoms with Crippen LogP contribution in [-0.4, -0.2) is 16.7 Å². The van der Waals surface area contributed by atoms with E-state index in [0.29, 0.717) is 18.4 Å². The zero-order valence-corrected chi connectivity index (χ0v) is 13.9. The number of non-ortho nitro benzene ring substituents is 1. The van der Waals surface area contributed by atoms with Crippen LogP contribution in [0.4, 0.5) is 5.69 Å². The fourth-order valence-corrected chi connectivity index (χ4v) is 4.03. The van der Waals surface area contributed by atoms with E-state index in [0.717, 1.165) is 19.3 Å². The Morgan fingerprint density at radius 3 is 2.21 bits per heavy atom. The lowest BCUT2D eigenvalue weighted by atomic mass is 9.59. The molecule has 1 aromatic rings. The standard InChI is InChI=1S/C18H21NO5/c1-17(2)15(20)18(10-4-3-5-11-18)14(24-16(17)21)12-6-8-13(9-7-12)19(22)23/h6-9,14H,3-5,10-11H2,1-2H3. The van der Waals surface area contributed by atoms with Gasteiger partial charge in [-0.25, -0.2) is 0 Å². The van der Waals surface area contributed by atoms with Gasteiger partial charge in [0.2, 0.25) is 0 Å². The van der Waals surface area contributed by atoms with Gasteiger partial charge in [0.05, 0.1) is 10.3 Å². The first-order valence-corrected chi connectivity index (χ1v) is 8.29. The molecule has 6 nitrogen and oxygen atoms in total. The highest BCUT2D eigenvalue weighted by Crippen LogP contribution is 2.55. The second-order valence-electron chi connectivity index (χ2n) is 7.30. The predicted octanol–water partition coefficient (Wildman–Crippen LogP) is 3.74. The summed E-state index contributed by atoms with van der Waals surface area (Å²) in [6.45, 7) is 3.25. The molecule has 0 aromatic heterocycles. The van der Waals surface area contributed by atoms with Crippen molar-refractivity contribution in [2.45, 2.75) is 52.1 Å². The van der Waals surface area contributed by atoms with E-state index >= 15 is 0 Å². The first kappa shape index (κ1) is 16.6. The lowest BCUT2D eigenvalue weighted by Crippen LogP contribution is -2.55. The third-order valence-electron chi connectivity index (χ3n) is 5.41. The number of nitro groups is 1. The van der Waals surface area contributed by atoms with Gasteiger partial charge in [-0.1, -0.05) is 19.3 Å². The van der Waals surface area contributed by atoms with Gasteiger partial charge in [0, 0.05) is 12.1 Å². The Morgan fingerprint density at radius 1 is 1.08 bits per heavy atom. The van der Waals surface area contributed by atoms with Crippen LogP contribution in [0, 0.1) is 20.9 Å². The molecule has 1 aromatic carbocycles. The highest BCUT2D eigenvalue weighted by molar-refractivity contribution is 6.08. The molecule has 1 heterocycles. The molecule has 1 aliphatic heterocycles. The molecule has 2 fully saturated rings. The molecule has 6 heteroatoms. The second-order valence-corrected chi connectivity index (χ2v) is 7.30. The Labute approximate surface area is 140 Å². The minimum Gasteiger partial charge on any atom is -0.456 e. The predicted molar refractivity (Wildman–Crippen MR) is 86.2 cm³/mol. The summed E-state index contributed by atoms with van der Waals surface area (Å²) in [5, 5.41) is 10.8. The fraction of sp³-hybridized carbons (Fsp3) is 0.556. The van der Waals surface area contributed by atoms with E-state index in [-0.39, 0.29) is 11.5 Å². The molecule has 1 atom stereocenters. The van der Waals surface area contributed by atoms with E-state index in [1.54, 1.807) is 26.0 Å². The monoisotopic (exact) mass is 331 g/mol. The second kappa shape index (κ2) is 5.69. The minimum atomic E-state index is -1.14. The summed E-state index contributed by atoms with van der Waals surface area (Å²) in [5.41, 5.74) is -1.23. The fourth-order valence-electron chi connectivity index (χ4n) is 4.03. The molecule has 0 amide bonds. The van der Waals surface area contributed by atoms with Crippen molar-refractivity contribution in [3.63, 3.8) is 0 Å². The maximum atomic E-state index is 13.2. The minimum absolute atomic E-state index is 0.0229.